The lowest BCUT2D eigenvalue weighted by Gasteiger charge is -2.26. The SMILES string of the molecule is O=S(=O)(Cl)Cc1noc2c1CN(Cc1ccccc1)CC2. The lowest BCUT2D eigenvalue weighted by molar-refractivity contribution is 0.228. The van der Waals surface area contributed by atoms with Crippen molar-refractivity contribution in [2.24, 2.45) is 0 Å². The lowest BCUT2D eigenvalue weighted by atomic mass is 10.1. The van der Waals surface area contributed by atoms with Crippen molar-refractivity contribution in [3.63, 3.8) is 0 Å². The molecule has 0 bridgehead atoms. The van der Waals surface area contributed by atoms with Gasteiger partial charge in [-0.05, 0) is 5.56 Å². The third-order valence-corrected chi connectivity index (χ3v) is 4.49. The van der Waals surface area contributed by atoms with Crippen LogP contribution < -0.4 is 0 Å². The highest BCUT2D eigenvalue weighted by Crippen LogP contribution is 2.25. The van der Waals surface area contributed by atoms with Crippen molar-refractivity contribution >= 4 is 19.7 Å². The Morgan fingerprint density at radius 1 is 1.29 bits per heavy atom. The highest BCUT2D eigenvalue weighted by molar-refractivity contribution is 8.13. The van der Waals surface area contributed by atoms with E-state index in [4.69, 9.17) is 15.2 Å². The third kappa shape index (κ3) is 3.64. The number of hydrogen-bond donors (Lipinski definition) is 0. The Bertz CT molecular complexity index is 728. The monoisotopic (exact) mass is 326 g/mol. The molecular formula is C14H15ClN2O3S. The summed E-state index contributed by atoms with van der Waals surface area (Å²) in [5.41, 5.74) is 2.52. The molecule has 5 nitrogen and oxygen atoms in total. The summed E-state index contributed by atoms with van der Waals surface area (Å²) in [6.07, 6.45) is 0.734. The fourth-order valence-corrected chi connectivity index (χ4v) is 3.44. The molecule has 0 N–H and O–H groups in total. The van der Waals surface area contributed by atoms with Gasteiger partial charge in [-0.3, -0.25) is 4.90 Å². The molecule has 1 aromatic heterocycles. The summed E-state index contributed by atoms with van der Waals surface area (Å²) >= 11 is 0. The molecule has 0 aliphatic carbocycles. The standard InChI is InChI=1S/C14H15ClN2O3S/c15-21(18,19)10-13-12-9-17(7-6-14(12)20-16-13)8-11-4-2-1-3-5-11/h1-5H,6-10H2. The van der Waals surface area contributed by atoms with Crippen molar-refractivity contribution < 1.29 is 12.9 Å². The molecule has 0 saturated heterocycles. The lowest BCUT2D eigenvalue weighted by Crippen LogP contribution is -2.30. The van der Waals surface area contributed by atoms with E-state index in [1.165, 1.54) is 5.56 Å². The first-order valence-corrected chi connectivity index (χ1v) is 9.14. The first kappa shape index (κ1) is 14.6. The minimum atomic E-state index is -3.63. The maximum atomic E-state index is 11.2. The molecule has 7 heteroatoms. The molecule has 0 atom stereocenters. The van der Waals surface area contributed by atoms with Crippen LogP contribution in [0.2, 0.25) is 0 Å². The van der Waals surface area contributed by atoms with E-state index in [9.17, 15) is 8.42 Å². The van der Waals surface area contributed by atoms with Gasteiger partial charge in [-0.2, -0.15) is 0 Å². The molecule has 0 amide bonds. The van der Waals surface area contributed by atoms with Crippen molar-refractivity contribution in [2.45, 2.75) is 25.3 Å². The molecule has 21 heavy (non-hydrogen) atoms. The summed E-state index contributed by atoms with van der Waals surface area (Å²) in [6, 6.07) is 10.2. The van der Waals surface area contributed by atoms with Gasteiger partial charge in [-0.1, -0.05) is 35.5 Å². The summed E-state index contributed by atoms with van der Waals surface area (Å²) in [5.74, 6) is 0.488. The molecule has 1 aliphatic rings. The molecule has 0 unspecified atom stereocenters. The molecule has 3 rings (SSSR count). The van der Waals surface area contributed by atoms with Gasteiger partial charge in [0.25, 0.3) is 0 Å². The Morgan fingerprint density at radius 3 is 2.76 bits per heavy atom. The summed E-state index contributed by atoms with van der Waals surface area (Å²) in [7, 11) is 1.68. The molecule has 1 aliphatic heterocycles. The second-order valence-corrected chi connectivity index (χ2v) is 7.94. The first-order chi connectivity index (χ1) is 10.0. The van der Waals surface area contributed by atoms with E-state index >= 15 is 0 Å². The molecule has 2 aromatic rings. The summed E-state index contributed by atoms with van der Waals surface area (Å²) in [4.78, 5) is 2.25. The maximum absolute atomic E-state index is 11.2. The topological polar surface area (TPSA) is 63.4 Å². The van der Waals surface area contributed by atoms with Crippen LogP contribution >= 0.6 is 10.7 Å². The quantitative estimate of drug-likeness (QED) is 0.807. The van der Waals surface area contributed by atoms with Crippen LogP contribution in [0.3, 0.4) is 0 Å². The van der Waals surface area contributed by atoms with Gasteiger partial charge in [0.05, 0.1) is 0 Å². The molecule has 1 aromatic carbocycles. The van der Waals surface area contributed by atoms with Gasteiger partial charge >= 0.3 is 0 Å². The highest BCUT2D eigenvalue weighted by atomic mass is 35.7. The predicted molar refractivity (Wildman–Crippen MR) is 79.2 cm³/mol. The van der Waals surface area contributed by atoms with Crippen LogP contribution in [-0.2, 0) is 34.3 Å². The number of aromatic nitrogens is 1. The van der Waals surface area contributed by atoms with E-state index in [2.05, 4.69) is 22.2 Å². The average Bonchev–Trinajstić information content (AvgIpc) is 2.81. The van der Waals surface area contributed by atoms with Gasteiger partial charge in [0.1, 0.15) is 17.2 Å². The van der Waals surface area contributed by atoms with Crippen molar-refractivity contribution in [2.75, 3.05) is 6.54 Å². The molecule has 0 fully saturated rings. The second-order valence-electron chi connectivity index (χ2n) is 5.16. The largest absolute Gasteiger partial charge is 0.361 e. The van der Waals surface area contributed by atoms with Crippen molar-refractivity contribution in [1.82, 2.24) is 10.1 Å². The molecular weight excluding hydrogens is 312 g/mol. The van der Waals surface area contributed by atoms with E-state index in [0.717, 1.165) is 30.8 Å². The van der Waals surface area contributed by atoms with Gasteiger partial charge in [-0.15, -0.1) is 0 Å². The van der Waals surface area contributed by atoms with Crippen LogP contribution in [0.5, 0.6) is 0 Å². The summed E-state index contributed by atoms with van der Waals surface area (Å²) < 4.78 is 27.7. The Hall–Kier alpha value is -1.37. The van der Waals surface area contributed by atoms with Gasteiger partial charge in [0.2, 0.25) is 9.05 Å². The zero-order chi connectivity index (χ0) is 14.9. The Kier molecular flexibility index (Phi) is 4.01. The van der Waals surface area contributed by atoms with Crippen molar-refractivity contribution in [3.8, 4) is 0 Å². The zero-order valence-corrected chi connectivity index (χ0v) is 12.9. The van der Waals surface area contributed by atoms with E-state index in [1.807, 2.05) is 18.2 Å². The van der Waals surface area contributed by atoms with Crippen LogP contribution in [0.1, 0.15) is 22.6 Å². The first-order valence-electron chi connectivity index (χ1n) is 6.66. The van der Waals surface area contributed by atoms with Crippen molar-refractivity contribution in [3.05, 3.63) is 52.9 Å². The van der Waals surface area contributed by atoms with Gasteiger partial charge in [-0.25, -0.2) is 8.42 Å². The van der Waals surface area contributed by atoms with Gasteiger partial charge < -0.3 is 4.52 Å². The molecule has 0 spiro atoms. The summed E-state index contributed by atoms with van der Waals surface area (Å²) in [5, 5.41) is 3.86. The van der Waals surface area contributed by atoms with E-state index in [1.54, 1.807) is 0 Å². The Morgan fingerprint density at radius 2 is 2.05 bits per heavy atom. The van der Waals surface area contributed by atoms with Gasteiger partial charge in [0, 0.05) is 42.3 Å². The fraction of sp³-hybridized carbons (Fsp3) is 0.357. The van der Waals surface area contributed by atoms with E-state index in [-0.39, 0.29) is 5.75 Å². The van der Waals surface area contributed by atoms with Crippen LogP contribution in [0.25, 0.3) is 0 Å². The van der Waals surface area contributed by atoms with Crippen LogP contribution in [0.15, 0.2) is 34.9 Å². The Balaban J connectivity index is 1.76. The van der Waals surface area contributed by atoms with Crippen LogP contribution in [-0.4, -0.2) is 25.0 Å². The molecule has 112 valence electrons. The number of nitrogens with zero attached hydrogens (tertiary/aromatic N) is 2. The number of rotatable bonds is 4. The van der Waals surface area contributed by atoms with E-state index < -0.39 is 9.05 Å². The second kappa shape index (κ2) is 5.79. The minimum absolute atomic E-state index is 0.285. The molecule has 2 heterocycles. The Labute approximate surface area is 127 Å². The minimum Gasteiger partial charge on any atom is -0.361 e. The third-order valence-electron chi connectivity index (χ3n) is 3.55. The summed E-state index contributed by atoms with van der Waals surface area (Å²) in [6.45, 7) is 2.32. The van der Waals surface area contributed by atoms with Crippen LogP contribution in [0, 0.1) is 0 Å². The predicted octanol–water partition coefficient (Wildman–Crippen LogP) is 2.30. The highest BCUT2D eigenvalue weighted by Gasteiger charge is 2.26. The normalized spacial score (nSPS) is 15.9. The number of hydrogen-bond acceptors (Lipinski definition) is 5. The molecule has 0 saturated carbocycles. The average molecular weight is 327 g/mol. The van der Waals surface area contributed by atoms with Gasteiger partial charge in [0.15, 0.2) is 0 Å². The smallest absolute Gasteiger partial charge is 0.238 e. The maximum Gasteiger partial charge on any atom is 0.238 e. The fourth-order valence-electron chi connectivity index (χ4n) is 2.57. The van der Waals surface area contributed by atoms with E-state index in [0.29, 0.717) is 12.2 Å². The number of halogens is 1. The van der Waals surface area contributed by atoms with Crippen molar-refractivity contribution in [1.29, 1.82) is 0 Å². The number of benzene rings is 1. The molecule has 0 radical (unpaired) electrons. The van der Waals surface area contributed by atoms with Crippen LogP contribution in [0.4, 0.5) is 0 Å². The number of fused-ring (bicyclic) bond motifs is 1. The zero-order valence-electron chi connectivity index (χ0n) is 11.3.